The van der Waals surface area contributed by atoms with E-state index in [-0.39, 0.29) is 25.1 Å². The van der Waals surface area contributed by atoms with Crippen LogP contribution in [0, 0.1) is 0 Å². The summed E-state index contributed by atoms with van der Waals surface area (Å²) in [4.78, 5) is 43.3. The largest absolute Gasteiger partial charge is 0.463 e. The van der Waals surface area contributed by atoms with Gasteiger partial charge in [0.15, 0.2) is 0 Å². The highest BCUT2D eigenvalue weighted by molar-refractivity contribution is 6.31. The van der Waals surface area contributed by atoms with E-state index in [1.807, 2.05) is 6.07 Å². The number of hydrogen-bond acceptors (Lipinski definition) is 5. The van der Waals surface area contributed by atoms with E-state index in [9.17, 15) is 14.4 Å². The van der Waals surface area contributed by atoms with Gasteiger partial charge in [-0.1, -0.05) is 35.9 Å². The highest BCUT2D eigenvalue weighted by atomic mass is 35.5. The predicted molar refractivity (Wildman–Crippen MR) is 122 cm³/mol. The number of hydrogen-bond donors (Lipinski definition) is 1. The van der Waals surface area contributed by atoms with Gasteiger partial charge in [0.1, 0.15) is 0 Å². The summed E-state index contributed by atoms with van der Waals surface area (Å²) in [7, 11) is 0. The number of ether oxygens (including phenoxy) is 1. The second-order valence-electron chi connectivity index (χ2n) is 7.67. The number of halogens is 1. The molecule has 2 aliphatic heterocycles. The van der Waals surface area contributed by atoms with Gasteiger partial charge in [-0.2, -0.15) is 0 Å². The van der Waals surface area contributed by atoms with Crippen molar-refractivity contribution in [3.05, 3.63) is 58.8 Å². The number of piperazine rings is 1. The molecule has 2 heterocycles. The number of nitrogens with zero attached hydrogens (tertiary/aromatic N) is 3. The van der Waals surface area contributed by atoms with Crippen molar-refractivity contribution in [1.82, 2.24) is 20.0 Å². The average molecular weight is 461 g/mol. The maximum atomic E-state index is 13.1. The van der Waals surface area contributed by atoms with Crippen LogP contribution in [0.2, 0.25) is 5.02 Å². The fourth-order valence-corrected chi connectivity index (χ4v) is 4.27. The number of amides is 3. The Morgan fingerprint density at radius 1 is 1.25 bits per heavy atom. The first-order chi connectivity index (χ1) is 15.4. The minimum Gasteiger partial charge on any atom is -0.463 e. The molecule has 0 saturated carbocycles. The molecule has 1 fully saturated rings. The normalized spacial score (nSPS) is 19.6. The number of carbonyl (C=O) groups is 3. The van der Waals surface area contributed by atoms with Gasteiger partial charge in [0, 0.05) is 56.9 Å². The smallest absolute Gasteiger partial charge is 0.338 e. The van der Waals surface area contributed by atoms with Crippen LogP contribution >= 0.6 is 11.6 Å². The van der Waals surface area contributed by atoms with Crippen molar-refractivity contribution in [2.45, 2.75) is 19.9 Å². The summed E-state index contributed by atoms with van der Waals surface area (Å²) >= 11 is 6.43. The lowest BCUT2D eigenvalue weighted by Crippen LogP contribution is -2.53. The summed E-state index contributed by atoms with van der Waals surface area (Å²) in [6.07, 6.45) is 1.62. The van der Waals surface area contributed by atoms with Gasteiger partial charge in [-0.25, -0.2) is 9.59 Å². The number of rotatable bonds is 7. The van der Waals surface area contributed by atoms with Crippen LogP contribution in [-0.2, 0) is 14.3 Å². The Labute approximate surface area is 193 Å². The van der Waals surface area contributed by atoms with Crippen molar-refractivity contribution >= 4 is 29.5 Å². The molecule has 3 rings (SSSR count). The molecule has 1 N–H and O–H groups in total. The van der Waals surface area contributed by atoms with Crippen molar-refractivity contribution in [3.8, 4) is 0 Å². The van der Waals surface area contributed by atoms with E-state index in [1.54, 1.807) is 43.0 Å². The first-order valence-electron chi connectivity index (χ1n) is 10.7. The number of urea groups is 1. The van der Waals surface area contributed by atoms with Gasteiger partial charge in [-0.05, 0) is 18.6 Å². The summed E-state index contributed by atoms with van der Waals surface area (Å²) in [6, 6.07) is 6.06. The van der Waals surface area contributed by atoms with Crippen molar-refractivity contribution in [2.75, 3.05) is 45.9 Å². The van der Waals surface area contributed by atoms with Crippen LogP contribution in [0.4, 0.5) is 4.79 Å². The van der Waals surface area contributed by atoms with E-state index in [1.165, 1.54) is 4.90 Å². The molecule has 3 amide bonds. The SMILES string of the molecule is C=CCN1C(=O)NC(c2ccccc2Cl)C(C(=O)OCC)=C1CN1CCN(C(C)=O)CC1. The minimum atomic E-state index is -0.732. The van der Waals surface area contributed by atoms with Crippen LogP contribution in [-0.4, -0.2) is 78.5 Å². The third-order valence-electron chi connectivity index (χ3n) is 5.65. The summed E-state index contributed by atoms with van der Waals surface area (Å²) in [5.74, 6) is -0.455. The first-order valence-corrected chi connectivity index (χ1v) is 11.1. The molecule has 1 atom stereocenters. The molecular weight excluding hydrogens is 432 g/mol. The second-order valence-corrected chi connectivity index (χ2v) is 8.07. The predicted octanol–water partition coefficient (Wildman–Crippen LogP) is 2.57. The highest BCUT2D eigenvalue weighted by Crippen LogP contribution is 2.35. The van der Waals surface area contributed by atoms with Crippen LogP contribution in [0.25, 0.3) is 0 Å². The quantitative estimate of drug-likeness (QED) is 0.499. The summed E-state index contributed by atoms with van der Waals surface area (Å²) in [5, 5.41) is 3.36. The topological polar surface area (TPSA) is 82.2 Å². The van der Waals surface area contributed by atoms with Crippen molar-refractivity contribution in [2.24, 2.45) is 0 Å². The Bertz CT molecular complexity index is 924. The molecule has 0 bridgehead atoms. The van der Waals surface area contributed by atoms with E-state index in [0.717, 1.165) is 0 Å². The lowest BCUT2D eigenvalue weighted by molar-refractivity contribution is -0.139. The molecule has 0 aliphatic carbocycles. The van der Waals surface area contributed by atoms with Crippen molar-refractivity contribution in [1.29, 1.82) is 0 Å². The van der Waals surface area contributed by atoms with Gasteiger partial charge in [-0.3, -0.25) is 14.6 Å². The molecule has 172 valence electrons. The summed E-state index contributed by atoms with van der Waals surface area (Å²) in [5.41, 5.74) is 1.55. The Hall–Kier alpha value is -2.84. The van der Waals surface area contributed by atoms with E-state index >= 15 is 0 Å². The third-order valence-corrected chi connectivity index (χ3v) is 6.00. The lowest BCUT2D eigenvalue weighted by Gasteiger charge is -2.40. The van der Waals surface area contributed by atoms with Crippen molar-refractivity contribution in [3.63, 3.8) is 0 Å². The Kier molecular flexibility index (Phi) is 7.93. The number of benzene rings is 1. The zero-order valence-electron chi connectivity index (χ0n) is 18.5. The van der Waals surface area contributed by atoms with Gasteiger partial charge in [0.25, 0.3) is 0 Å². The molecule has 1 aromatic rings. The summed E-state index contributed by atoms with van der Waals surface area (Å²) < 4.78 is 5.39. The van der Waals surface area contributed by atoms with E-state index < -0.39 is 12.0 Å². The van der Waals surface area contributed by atoms with E-state index in [4.69, 9.17) is 16.3 Å². The average Bonchev–Trinajstić information content (AvgIpc) is 2.76. The van der Waals surface area contributed by atoms with Gasteiger partial charge in [0.2, 0.25) is 5.91 Å². The van der Waals surface area contributed by atoms with Crippen LogP contribution < -0.4 is 5.32 Å². The van der Waals surface area contributed by atoms with Crippen molar-refractivity contribution < 1.29 is 19.1 Å². The van der Waals surface area contributed by atoms with Crippen LogP contribution in [0.15, 0.2) is 48.2 Å². The lowest BCUT2D eigenvalue weighted by atomic mass is 9.94. The molecule has 2 aliphatic rings. The Morgan fingerprint density at radius 3 is 2.53 bits per heavy atom. The zero-order valence-corrected chi connectivity index (χ0v) is 19.2. The van der Waals surface area contributed by atoms with E-state index in [2.05, 4.69) is 16.8 Å². The molecule has 8 nitrogen and oxygen atoms in total. The molecular formula is C23H29ClN4O4. The minimum absolute atomic E-state index is 0.0418. The monoisotopic (exact) mass is 460 g/mol. The highest BCUT2D eigenvalue weighted by Gasteiger charge is 2.39. The summed E-state index contributed by atoms with van der Waals surface area (Å²) in [6.45, 7) is 10.3. The fraction of sp³-hybridized carbons (Fsp3) is 0.435. The van der Waals surface area contributed by atoms with Gasteiger partial charge < -0.3 is 15.0 Å². The molecule has 9 heteroatoms. The molecule has 1 aromatic carbocycles. The van der Waals surface area contributed by atoms with Crippen LogP contribution in [0.1, 0.15) is 25.5 Å². The van der Waals surface area contributed by atoms with Crippen LogP contribution in [0.5, 0.6) is 0 Å². The maximum absolute atomic E-state index is 13.1. The molecule has 1 unspecified atom stereocenters. The Morgan fingerprint density at radius 2 is 1.94 bits per heavy atom. The number of carbonyl (C=O) groups excluding carboxylic acids is 3. The zero-order chi connectivity index (χ0) is 23.3. The van der Waals surface area contributed by atoms with Crippen LogP contribution in [0.3, 0.4) is 0 Å². The standard InChI is InChI=1S/C23H29ClN4O4/c1-4-10-28-19(15-26-11-13-27(14-12-26)16(3)29)20(22(30)32-5-2)21(25-23(28)31)17-8-6-7-9-18(17)24/h4,6-9,21H,1,5,10-15H2,2-3H3,(H,25,31). The molecule has 0 radical (unpaired) electrons. The molecule has 0 spiro atoms. The van der Waals surface area contributed by atoms with Gasteiger partial charge in [-0.15, -0.1) is 6.58 Å². The van der Waals surface area contributed by atoms with Gasteiger partial charge >= 0.3 is 12.0 Å². The first kappa shape index (κ1) is 23.8. The maximum Gasteiger partial charge on any atom is 0.338 e. The fourth-order valence-electron chi connectivity index (χ4n) is 4.02. The van der Waals surface area contributed by atoms with E-state index in [0.29, 0.717) is 54.6 Å². The third kappa shape index (κ3) is 5.14. The molecule has 0 aromatic heterocycles. The molecule has 32 heavy (non-hydrogen) atoms. The molecule has 1 saturated heterocycles. The Balaban J connectivity index is 2.04. The number of nitrogens with one attached hydrogen (secondary N) is 1. The second kappa shape index (κ2) is 10.7. The van der Waals surface area contributed by atoms with Gasteiger partial charge in [0.05, 0.1) is 18.2 Å². The number of esters is 1.